The molecule has 0 aromatic carbocycles. The molecule has 6 heteroatoms. The van der Waals surface area contributed by atoms with Gasteiger partial charge in [-0.2, -0.15) is 0 Å². The van der Waals surface area contributed by atoms with Crippen LogP contribution in [0.4, 0.5) is 8.78 Å². The van der Waals surface area contributed by atoms with Crippen LogP contribution >= 0.6 is 0 Å². The number of aromatic nitrogens is 2. The molecule has 0 unspecified atom stereocenters. The third-order valence-electron chi connectivity index (χ3n) is 2.29. The van der Waals surface area contributed by atoms with Crippen molar-refractivity contribution in [2.24, 2.45) is 0 Å². The molecule has 0 saturated heterocycles. The van der Waals surface area contributed by atoms with Gasteiger partial charge in [0.15, 0.2) is 0 Å². The summed E-state index contributed by atoms with van der Waals surface area (Å²) in [6.07, 6.45) is -0.476. The highest BCUT2D eigenvalue weighted by molar-refractivity contribution is 5.88. The van der Waals surface area contributed by atoms with Gasteiger partial charge in [0.25, 0.3) is 6.43 Å². The average molecular weight is 226 g/mol. The fourth-order valence-corrected chi connectivity index (χ4v) is 1.55. The Hall–Kier alpha value is -1.98. The Kier molecular flexibility index (Phi) is 2.34. The lowest BCUT2D eigenvalue weighted by molar-refractivity contribution is 0.0695. The topological polar surface area (TPSA) is 54.6 Å². The monoisotopic (exact) mass is 226 g/mol. The molecule has 16 heavy (non-hydrogen) atoms. The third kappa shape index (κ3) is 1.52. The van der Waals surface area contributed by atoms with Crippen LogP contribution in [0.15, 0.2) is 18.5 Å². The number of fused-ring (bicyclic) bond motifs is 1. The molecular weight excluding hydrogens is 218 g/mol. The Morgan fingerprint density at radius 3 is 2.81 bits per heavy atom. The number of pyridine rings is 1. The molecule has 2 aromatic rings. The van der Waals surface area contributed by atoms with Gasteiger partial charge >= 0.3 is 5.97 Å². The average Bonchev–Trinajstić information content (AvgIpc) is 2.61. The van der Waals surface area contributed by atoms with Crippen molar-refractivity contribution in [3.05, 3.63) is 35.3 Å². The van der Waals surface area contributed by atoms with E-state index < -0.39 is 12.4 Å². The van der Waals surface area contributed by atoms with Gasteiger partial charge in [-0.3, -0.25) is 4.40 Å². The summed E-state index contributed by atoms with van der Waals surface area (Å²) in [7, 11) is 0. The molecule has 84 valence electrons. The fraction of sp³-hybridized carbons (Fsp3) is 0.200. The molecule has 0 radical (unpaired) electrons. The van der Waals surface area contributed by atoms with E-state index >= 15 is 0 Å². The summed E-state index contributed by atoms with van der Waals surface area (Å²) in [6.45, 7) is 1.63. The predicted molar refractivity (Wildman–Crippen MR) is 51.8 cm³/mol. The number of hydrogen-bond acceptors (Lipinski definition) is 2. The maximum atomic E-state index is 12.6. The van der Waals surface area contributed by atoms with Gasteiger partial charge in [-0.15, -0.1) is 0 Å². The summed E-state index contributed by atoms with van der Waals surface area (Å²) >= 11 is 0. The van der Waals surface area contributed by atoms with Crippen LogP contribution in [0.1, 0.15) is 28.0 Å². The van der Waals surface area contributed by atoms with Crippen LogP contribution in [0.3, 0.4) is 0 Å². The van der Waals surface area contributed by atoms with Crippen molar-refractivity contribution in [2.45, 2.75) is 13.3 Å². The number of carboxylic acid groups (broad SMARTS) is 1. The predicted octanol–water partition coefficient (Wildman–Crippen LogP) is 2.28. The van der Waals surface area contributed by atoms with Crippen molar-refractivity contribution >= 4 is 11.6 Å². The fourth-order valence-electron chi connectivity index (χ4n) is 1.55. The minimum absolute atomic E-state index is 0.0371. The van der Waals surface area contributed by atoms with E-state index in [0.717, 1.165) is 16.8 Å². The van der Waals surface area contributed by atoms with Crippen LogP contribution in [0.5, 0.6) is 0 Å². The highest BCUT2D eigenvalue weighted by atomic mass is 19.3. The van der Waals surface area contributed by atoms with Crippen LogP contribution < -0.4 is 0 Å². The zero-order chi connectivity index (χ0) is 11.9. The Labute approximate surface area is 89.2 Å². The van der Waals surface area contributed by atoms with Crippen LogP contribution in [-0.2, 0) is 0 Å². The molecule has 2 rings (SSSR count). The number of carboxylic acids is 1. The van der Waals surface area contributed by atoms with Gasteiger partial charge in [0.2, 0.25) is 0 Å². The molecule has 4 nitrogen and oxygen atoms in total. The van der Waals surface area contributed by atoms with Crippen LogP contribution in [0.2, 0.25) is 0 Å². The van der Waals surface area contributed by atoms with E-state index in [-0.39, 0.29) is 11.3 Å². The van der Waals surface area contributed by atoms with Crippen molar-refractivity contribution in [3.63, 3.8) is 0 Å². The Bertz CT molecular complexity index is 563. The van der Waals surface area contributed by atoms with Crippen LogP contribution in [-0.4, -0.2) is 20.5 Å². The number of rotatable bonds is 2. The Morgan fingerprint density at radius 1 is 1.56 bits per heavy atom. The number of halogens is 2. The van der Waals surface area contributed by atoms with E-state index in [1.807, 2.05) is 0 Å². The molecule has 0 atom stereocenters. The number of alkyl halides is 2. The van der Waals surface area contributed by atoms with Crippen molar-refractivity contribution in [3.8, 4) is 0 Å². The maximum absolute atomic E-state index is 12.6. The summed E-state index contributed by atoms with van der Waals surface area (Å²) in [6, 6.07) is 1.40. The van der Waals surface area contributed by atoms with Gasteiger partial charge in [-0.05, 0) is 18.6 Å². The standard InChI is InChI=1S/C10H8F2N2O2/c1-5-2-6(10(15)16)4-14-7(8(11)12)3-13-9(5)14/h2-4,8H,1H3,(H,15,16). The number of imidazole rings is 1. The van der Waals surface area contributed by atoms with Crippen LogP contribution in [0.25, 0.3) is 5.65 Å². The number of aromatic carboxylic acids is 1. The molecular formula is C10H8F2N2O2. The first-order valence-corrected chi connectivity index (χ1v) is 4.49. The zero-order valence-electron chi connectivity index (χ0n) is 8.32. The molecule has 0 saturated carbocycles. The Morgan fingerprint density at radius 2 is 2.25 bits per heavy atom. The van der Waals surface area contributed by atoms with E-state index in [0.29, 0.717) is 11.2 Å². The second-order valence-corrected chi connectivity index (χ2v) is 3.39. The number of carbonyl (C=O) groups is 1. The van der Waals surface area contributed by atoms with Crippen molar-refractivity contribution in [1.82, 2.24) is 9.38 Å². The van der Waals surface area contributed by atoms with Gasteiger partial charge in [0, 0.05) is 6.20 Å². The number of aryl methyl sites for hydroxylation is 1. The van der Waals surface area contributed by atoms with E-state index in [9.17, 15) is 13.6 Å². The lowest BCUT2D eigenvalue weighted by Crippen LogP contribution is -2.02. The second kappa shape index (κ2) is 3.55. The van der Waals surface area contributed by atoms with Gasteiger partial charge in [-0.25, -0.2) is 18.6 Å². The van der Waals surface area contributed by atoms with Crippen molar-refractivity contribution < 1.29 is 18.7 Å². The van der Waals surface area contributed by atoms with Gasteiger partial charge in [0.1, 0.15) is 11.3 Å². The molecule has 1 N–H and O–H groups in total. The molecule has 0 fully saturated rings. The summed E-state index contributed by atoms with van der Waals surface area (Å²) in [4.78, 5) is 14.6. The molecule has 0 bridgehead atoms. The maximum Gasteiger partial charge on any atom is 0.337 e. The molecule has 0 aliphatic carbocycles. The van der Waals surface area contributed by atoms with E-state index in [4.69, 9.17) is 5.11 Å². The van der Waals surface area contributed by atoms with Crippen LogP contribution in [0, 0.1) is 6.92 Å². The van der Waals surface area contributed by atoms with Crippen molar-refractivity contribution in [1.29, 1.82) is 0 Å². The molecule has 2 heterocycles. The minimum atomic E-state index is -2.68. The highest BCUT2D eigenvalue weighted by Gasteiger charge is 2.16. The summed E-state index contributed by atoms with van der Waals surface area (Å²) < 4.78 is 26.3. The van der Waals surface area contributed by atoms with Gasteiger partial charge < -0.3 is 5.11 Å². The summed E-state index contributed by atoms with van der Waals surface area (Å²) in [5, 5.41) is 8.81. The first kappa shape index (κ1) is 10.5. The number of nitrogens with zero attached hydrogens (tertiary/aromatic N) is 2. The zero-order valence-corrected chi connectivity index (χ0v) is 8.32. The quantitative estimate of drug-likeness (QED) is 0.854. The molecule has 0 aliphatic rings. The SMILES string of the molecule is Cc1cc(C(=O)O)cn2c(C(F)F)cnc12. The van der Waals surface area contributed by atoms with E-state index in [1.54, 1.807) is 6.92 Å². The largest absolute Gasteiger partial charge is 0.478 e. The first-order valence-electron chi connectivity index (χ1n) is 4.49. The lowest BCUT2D eigenvalue weighted by Gasteiger charge is -2.04. The molecule has 0 spiro atoms. The molecule has 2 aromatic heterocycles. The second-order valence-electron chi connectivity index (χ2n) is 3.39. The van der Waals surface area contributed by atoms with Crippen molar-refractivity contribution in [2.75, 3.05) is 0 Å². The van der Waals surface area contributed by atoms with Gasteiger partial charge in [-0.1, -0.05) is 0 Å². The third-order valence-corrected chi connectivity index (χ3v) is 2.29. The summed E-state index contributed by atoms with van der Waals surface area (Å²) in [5.41, 5.74) is 0.554. The minimum Gasteiger partial charge on any atom is -0.478 e. The summed E-state index contributed by atoms with van der Waals surface area (Å²) in [5.74, 6) is -1.15. The Balaban J connectivity index is 2.76. The van der Waals surface area contributed by atoms with E-state index in [2.05, 4.69) is 4.98 Å². The smallest absolute Gasteiger partial charge is 0.337 e. The normalized spacial score (nSPS) is 11.2. The number of hydrogen-bond donors (Lipinski definition) is 1. The van der Waals surface area contributed by atoms with Gasteiger partial charge in [0.05, 0.1) is 11.8 Å². The van der Waals surface area contributed by atoms with E-state index in [1.165, 1.54) is 6.07 Å². The highest BCUT2D eigenvalue weighted by Crippen LogP contribution is 2.22. The lowest BCUT2D eigenvalue weighted by atomic mass is 10.2. The molecule has 0 aliphatic heterocycles. The first-order chi connectivity index (χ1) is 7.50. The molecule has 0 amide bonds.